The van der Waals surface area contributed by atoms with Crippen LogP contribution in [0.25, 0.3) is 32.9 Å². The molecule has 0 aliphatic carbocycles. The number of hydrogen-bond acceptors (Lipinski definition) is 7. The van der Waals surface area contributed by atoms with Crippen molar-refractivity contribution in [3.63, 3.8) is 0 Å². The van der Waals surface area contributed by atoms with Gasteiger partial charge in [-0.05, 0) is 36.4 Å². The van der Waals surface area contributed by atoms with E-state index in [1.54, 1.807) is 24.4 Å². The minimum absolute atomic E-state index is 0.00156. The highest BCUT2D eigenvalue weighted by Crippen LogP contribution is 2.39. The first-order valence-electron chi connectivity index (χ1n) is 10.8. The zero-order valence-corrected chi connectivity index (χ0v) is 18.6. The average Bonchev–Trinajstić information content (AvgIpc) is 3.15. The highest BCUT2D eigenvalue weighted by Gasteiger charge is 2.34. The molecule has 33 heavy (non-hydrogen) atoms. The number of anilines is 1. The van der Waals surface area contributed by atoms with Gasteiger partial charge in [-0.25, -0.2) is 4.39 Å². The van der Waals surface area contributed by atoms with E-state index in [0.29, 0.717) is 44.6 Å². The number of methoxy groups -OCH3 is 1. The molecule has 2 N–H and O–H groups in total. The molecule has 2 aromatic carbocycles. The van der Waals surface area contributed by atoms with Crippen LogP contribution in [0.4, 0.5) is 10.2 Å². The van der Waals surface area contributed by atoms with Gasteiger partial charge in [0.15, 0.2) is 5.82 Å². The Labute approximate surface area is 194 Å². The van der Waals surface area contributed by atoms with Crippen molar-refractivity contribution in [2.24, 2.45) is 0 Å². The minimum Gasteiger partial charge on any atom is -0.508 e. The van der Waals surface area contributed by atoms with Crippen molar-refractivity contribution in [1.82, 2.24) is 20.3 Å². The first-order chi connectivity index (χ1) is 16.0. The number of halogens is 2. The van der Waals surface area contributed by atoms with E-state index in [1.165, 1.54) is 13.2 Å². The van der Waals surface area contributed by atoms with Gasteiger partial charge in [-0.2, -0.15) is 9.97 Å². The lowest BCUT2D eigenvalue weighted by Gasteiger charge is -2.34. The third-order valence-electron chi connectivity index (χ3n) is 6.51. The molecule has 0 radical (unpaired) electrons. The van der Waals surface area contributed by atoms with E-state index in [0.717, 1.165) is 25.9 Å². The Bertz CT molecular complexity index is 1400. The third kappa shape index (κ3) is 3.32. The zero-order valence-electron chi connectivity index (χ0n) is 17.8. The van der Waals surface area contributed by atoms with Gasteiger partial charge in [-0.3, -0.25) is 4.98 Å². The molecular weight excluding hydrogens is 445 g/mol. The Morgan fingerprint density at radius 3 is 2.73 bits per heavy atom. The maximum absolute atomic E-state index is 16.0. The van der Waals surface area contributed by atoms with Crippen molar-refractivity contribution in [2.45, 2.75) is 24.9 Å². The summed E-state index contributed by atoms with van der Waals surface area (Å²) in [7, 11) is 1.47. The lowest BCUT2D eigenvalue weighted by atomic mass is 10.00. The van der Waals surface area contributed by atoms with Gasteiger partial charge in [0.25, 0.3) is 0 Å². The normalized spacial score (nSPS) is 20.0. The Hall–Kier alpha value is -3.23. The standard InChI is InChI=1S/C24H21ClFN5O2/c1-33-24-29-22-17(23(30-24)31-10-13-5-6-14(11-31)28-13)9-27-21(20(22)26)16-8-15(32)7-12-3-2-4-18(25)19(12)16/h2-4,7-9,13-14,28,32H,5-6,10-11H2,1H3. The molecule has 4 heterocycles. The molecule has 4 aromatic rings. The van der Waals surface area contributed by atoms with Crippen LogP contribution in [0.2, 0.25) is 5.02 Å². The van der Waals surface area contributed by atoms with Crippen molar-refractivity contribution in [2.75, 3.05) is 25.1 Å². The third-order valence-corrected chi connectivity index (χ3v) is 6.82. The van der Waals surface area contributed by atoms with Crippen molar-refractivity contribution >= 4 is 39.1 Å². The minimum atomic E-state index is -0.612. The van der Waals surface area contributed by atoms with Crippen LogP contribution in [0.5, 0.6) is 11.8 Å². The molecule has 0 spiro atoms. The Morgan fingerprint density at radius 2 is 1.97 bits per heavy atom. The molecule has 9 heteroatoms. The number of aromatic hydroxyl groups is 1. The number of benzene rings is 2. The quantitative estimate of drug-likeness (QED) is 0.467. The van der Waals surface area contributed by atoms with E-state index >= 15 is 4.39 Å². The van der Waals surface area contributed by atoms with Gasteiger partial charge in [-0.1, -0.05) is 23.7 Å². The number of fused-ring (bicyclic) bond motifs is 4. The first-order valence-corrected chi connectivity index (χ1v) is 11.2. The number of nitrogens with zero attached hydrogens (tertiary/aromatic N) is 4. The molecule has 2 saturated heterocycles. The van der Waals surface area contributed by atoms with Crippen LogP contribution in [-0.2, 0) is 0 Å². The Balaban J connectivity index is 1.57. The van der Waals surface area contributed by atoms with Gasteiger partial charge in [0.1, 0.15) is 22.8 Å². The fraction of sp³-hybridized carbons (Fsp3) is 0.292. The summed E-state index contributed by atoms with van der Waals surface area (Å²) in [6, 6.07) is 9.25. The second-order valence-corrected chi connectivity index (χ2v) is 9.00. The predicted octanol–water partition coefficient (Wildman–Crippen LogP) is 4.29. The summed E-state index contributed by atoms with van der Waals surface area (Å²) < 4.78 is 21.3. The SMILES string of the molecule is COc1nc(N2CC3CCC(C2)N3)c2cnc(-c3cc(O)cc4cccc(Cl)c34)c(F)c2n1. The van der Waals surface area contributed by atoms with Gasteiger partial charge in [0, 0.05) is 47.3 Å². The van der Waals surface area contributed by atoms with E-state index in [1.807, 2.05) is 6.07 Å². The molecule has 2 aromatic heterocycles. The zero-order chi connectivity index (χ0) is 22.7. The number of nitrogens with one attached hydrogen (secondary N) is 1. The highest BCUT2D eigenvalue weighted by molar-refractivity contribution is 6.36. The van der Waals surface area contributed by atoms with E-state index < -0.39 is 5.82 Å². The molecular formula is C24H21ClFN5O2. The Kier molecular flexibility index (Phi) is 4.74. The van der Waals surface area contributed by atoms with Crippen molar-refractivity contribution in [3.05, 3.63) is 47.4 Å². The van der Waals surface area contributed by atoms with E-state index in [4.69, 9.17) is 16.3 Å². The summed E-state index contributed by atoms with van der Waals surface area (Å²) in [5, 5.41) is 16.1. The van der Waals surface area contributed by atoms with Gasteiger partial charge in [0.2, 0.25) is 0 Å². The molecule has 2 bridgehead atoms. The summed E-state index contributed by atoms with van der Waals surface area (Å²) in [6.45, 7) is 1.56. The van der Waals surface area contributed by atoms with Gasteiger partial charge < -0.3 is 20.1 Å². The summed E-state index contributed by atoms with van der Waals surface area (Å²) in [6.07, 6.45) is 3.83. The summed E-state index contributed by atoms with van der Waals surface area (Å²) in [5.41, 5.74) is 0.578. The first kappa shape index (κ1) is 20.4. The molecule has 2 atom stereocenters. The van der Waals surface area contributed by atoms with Crippen LogP contribution in [0.3, 0.4) is 0 Å². The number of rotatable bonds is 3. The lowest BCUT2D eigenvalue weighted by Crippen LogP contribution is -2.51. The van der Waals surface area contributed by atoms with Crippen LogP contribution in [-0.4, -0.2) is 52.3 Å². The van der Waals surface area contributed by atoms with Crippen molar-refractivity contribution in [1.29, 1.82) is 0 Å². The number of phenols is 1. The summed E-state index contributed by atoms with van der Waals surface area (Å²) >= 11 is 6.45. The Morgan fingerprint density at radius 1 is 1.18 bits per heavy atom. The molecule has 6 rings (SSSR count). The number of ether oxygens (including phenoxy) is 1. The van der Waals surface area contributed by atoms with Gasteiger partial charge in [0.05, 0.1) is 12.5 Å². The monoisotopic (exact) mass is 465 g/mol. The molecule has 7 nitrogen and oxygen atoms in total. The van der Waals surface area contributed by atoms with Crippen LogP contribution < -0.4 is 15.0 Å². The molecule has 168 valence electrons. The second kappa shape index (κ2) is 7.67. The predicted molar refractivity (Wildman–Crippen MR) is 126 cm³/mol. The number of piperazine rings is 1. The topological polar surface area (TPSA) is 83.4 Å². The van der Waals surface area contributed by atoms with Crippen molar-refractivity contribution < 1.29 is 14.2 Å². The molecule has 0 saturated carbocycles. The fourth-order valence-corrected chi connectivity index (χ4v) is 5.35. The molecule has 2 unspecified atom stereocenters. The maximum atomic E-state index is 16.0. The van der Waals surface area contributed by atoms with Crippen molar-refractivity contribution in [3.8, 4) is 23.0 Å². The summed E-state index contributed by atoms with van der Waals surface area (Å²) in [5.74, 6) is 0.00434. The summed E-state index contributed by atoms with van der Waals surface area (Å²) in [4.78, 5) is 15.5. The maximum Gasteiger partial charge on any atom is 0.318 e. The molecule has 2 aliphatic rings. The van der Waals surface area contributed by atoms with Crippen LogP contribution in [0, 0.1) is 5.82 Å². The smallest absolute Gasteiger partial charge is 0.318 e. The largest absolute Gasteiger partial charge is 0.508 e. The number of aromatic nitrogens is 3. The second-order valence-electron chi connectivity index (χ2n) is 8.59. The lowest BCUT2D eigenvalue weighted by molar-refractivity contribution is 0.380. The number of pyridine rings is 1. The van der Waals surface area contributed by atoms with E-state index in [9.17, 15) is 5.11 Å². The average molecular weight is 466 g/mol. The number of hydrogen-bond donors (Lipinski definition) is 2. The van der Waals surface area contributed by atoms with Crippen LogP contribution >= 0.6 is 11.6 Å². The van der Waals surface area contributed by atoms with E-state index in [-0.39, 0.29) is 23.0 Å². The molecule has 0 amide bonds. The van der Waals surface area contributed by atoms with E-state index in [2.05, 4.69) is 25.2 Å². The van der Waals surface area contributed by atoms with Gasteiger partial charge in [-0.15, -0.1) is 0 Å². The van der Waals surface area contributed by atoms with Crippen LogP contribution in [0.1, 0.15) is 12.8 Å². The fourth-order valence-electron chi connectivity index (χ4n) is 5.06. The number of phenolic OH excluding ortho intramolecular Hbond substituents is 1. The van der Waals surface area contributed by atoms with Gasteiger partial charge >= 0.3 is 6.01 Å². The van der Waals surface area contributed by atoms with Crippen LogP contribution in [0.15, 0.2) is 36.5 Å². The molecule has 2 aliphatic heterocycles. The highest BCUT2D eigenvalue weighted by atomic mass is 35.5. The molecule has 2 fully saturated rings.